The summed E-state index contributed by atoms with van der Waals surface area (Å²) in [5.74, 6) is 0.899. The number of benzene rings is 1. The van der Waals surface area contributed by atoms with E-state index in [0.29, 0.717) is 0 Å². The molecular weight excluding hydrogens is 210 g/mol. The second-order valence-corrected chi connectivity index (χ2v) is 4.67. The molecule has 3 nitrogen and oxygen atoms in total. The van der Waals surface area contributed by atoms with Gasteiger partial charge >= 0.3 is 0 Å². The van der Waals surface area contributed by atoms with Gasteiger partial charge in [0.25, 0.3) is 0 Å². The zero-order valence-electron chi connectivity index (χ0n) is 10.9. The summed E-state index contributed by atoms with van der Waals surface area (Å²) in [6, 6.07) is 4.20. The Morgan fingerprint density at radius 1 is 1.12 bits per heavy atom. The van der Waals surface area contributed by atoms with Gasteiger partial charge in [-0.05, 0) is 43.0 Å². The number of aryl methyl sites for hydroxylation is 4. The van der Waals surface area contributed by atoms with Gasteiger partial charge in [-0.2, -0.15) is 0 Å². The Kier molecular flexibility index (Phi) is 3.03. The maximum absolute atomic E-state index is 6.30. The Hall–Kier alpha value is -1.61. The van der Waals surface area contributed by atoms with Crippen molar-refractivity contribution in [3.05, 3.63) is 52.6 Å². The van der Waals surface area contributed by atoms with Crippen molar-refractivity contribution in [1.29, 1.82) is 0 Å². The van der Waals surface area contributed by atoms with Crippen molar-refractivity contribution in [2.45, 2.75) is 26.8 Å². The standard InChI is InChI=1S/C14H19N3/c1-9-7-11(3)12(8-10(9)2)13(15)14-16-5-6-17(14)4/h5-8,13H,15H2,1-4H3. The van der Waals surface area contributed by atoms with Crippen LogP contribution in [0, 0.1) is 20.8 Å². The van der Waals surface area contributed by atoms with E-state index < -0.39 is 0 Å². The van der Waals surface area contributed by atoms with E-state index in [1.807, 2.05) is 17.8 Å². The second kappa shape index (κ2) is 4.34. The third kappa shape index (κ3) is 2.11. The number of aromatic nitrogens is 2. The maximum Gasteiger partial charge on any atom is 0.129 e. The van der Waals surface area contributed by atoms with Crippen molar-refractivity contribution in [2.75, 3.05) is 0 Å². The molecule has 1 heterocycles. The van der Waals surface area contributed by atoms with Crippen molar-refractivity contribution in [1.82, 2.24) is 9.55 Å². The molecular formula is C14H19N3. The first-order valence-corrected chi connectivity index (χ1v) is 5.81. The minimum Gasteiger partial charge on any atom is -0.336 e. The molecule has 1 aromatic carbocycles. The van der Waals surface area contributed by atoms with Crippen LogP contribution >= 0.6 is 0 Å². The molecule has 0 amide bonds. The summed E-state index contributed by atoms with van der Waals surface area (Å²) >= 11 is 0. The Morgan fingerprint density at radius 2 is 1.76 bits per heavy atom. The quantitative estimate of drug-likeness (QED) is 0.859. The van der Waals surface area contributed by atoms with Gasteiger partial charge in [0.15, 0.2) is 0 Å². The molecule has 1 atom stereocenters. The number of hydrogen-bond acceptors (Lipinski definition) is 2. The predicted octanol–water partition coefficient (Wildman–Crippen LogP) is 2.39. The third-order valence-corrected chi connectivity index (χ3v) is 3.35. The van der Waals surface area contributed by atoms with Crippen molar-refractivity contribution < 1.29 is 0 Å². The molecule has 3 heteroatoms. The van der Waals surface area contributed by atoms with Crippen LogP contribution in [-0.2, 0) is 7.05 Å². The SMILES string of the molecule is Cc1cc(C)c(C(N)c2nccn2C)cc1C. The van der Waals surface area contributed by atoms with Gasteiger partial charge in [0.1, 0.15) is 5.82 Å². The van der Waals surface area contributed by atoms with Crippen LogP contribution in [0.1, 0.15) is 34.1 Å². The molecule has 2 N–H and O–H groups in total. The lowest BCUT2D eigenvalue weighted by Crippen LogP contribution is -2.18. The first-order chi connectivity index (χ1) is 8.00. The van der Waals surface area contributed by atoms with E-state index in [-0.39, 0.29) is 6.04 Å². The van der Waals surface area contributed by atoms with Crippen molar-refractivity contribution >= 4 is 0 Å². The van der Waals surface area contributed by atoms with E-state index in [1.165, 1.54) is 16.7 Å². The molecule has 0 fully saturated rings. The Balaban J connectivity index is 2.48. The molecule has 90 valence electrons. The average Bonchev–Trinajstić information content (AvgIpc) is 2.69. The summed E-state index contributed by atoms with van der Waals surface area (Å²) in [4.78, 5) is 4.32. The van der Waals surface area contributed by atoms with E-state index >= 15 is 0 Å². The highest BCUT2D eigenvalue weighted by Gasteiger charge is 2.16. The zero-order valence-corrected chi connectivity index (χ0v) is 10.9. The van der Waals surface area contributed by atoms with Gasteiger partial charge in [0.05, 0.1) is 6.04 Å². The Bertz CT molecular complexity index is 540. The van der Waals surface area contributed by atoms with Gasteiger partial charge in [0.2, 0.25) is 0 Å². The highest BCUT2D eigenvalue weighted by molar-refractivity contribution is 5.40. The number of nitrogens with two attached hydrogens (primary N) is 1. The highest BCUT2D eigenvalue weighted by atomic mass is 15.1. The van der Waals surface area contributed by atoms with E-state index in [0.717, 1.165) is 11.4 Å². The van der Waals surface area contributed by atoms with Crippen LogP contribution in [0.5, 0.6) is 0 Å². The molecule has 1 unspecified atom stereocenters. The maximum atomic E-state index is 6.30. The number of hydrogen-bond donors (Lipinski definition) is 1. The van der Waals surface area contributed by atoms with Crippen LogP contribution in [0.25, 0.3) is 0 Å². The monoisotopic (exact) mass is 229 g/mol. The third-order valence-electron chi connectivity index (χ3n) is 3.35. The smallest absolute Gasteiger partial charge is 0.129 e. The molecule has 0 aliphatic carbocycles. The first kappa shape index (κ1) is 11.9. The minimum absolute atomic E-state index is 0.158. The van der Waals surface area contributed by atoms with E-state index in [4.69, 9.17) is 5.73 Å². The van der Waals surface area contributed by atoms with Crippen LogP contribution in [0.3, 0.4) is 0 Å². The number of nitrogens with zero attached hydrogens (tertiary/aromatic N) is 2. The van der Waals surface area contributed by atoms with Gasteiger partial charge in [-0.3, -0.25) is 0 Å². The lowest BCUT2D eigenvalue weighted by Gasteiger charge is -2.16. The lowest BCUT2D eigenvalue weighted by molar-refractivity contribution is 0.712. The first-order valence-electron chi connectivity index (χ1n) is 5.81. The lowest BCUT2D eigenvalue weighted by atomic mass is 9.96. The van der Waals surface area contributed by atoms with Crippen LogP contribution in [-0.4, -0.2) is 9.55 Å². The Labute approximate surface area is 102 Å². The van der Waals surface area contributed by atoms with Gasteiger partial charge in [0, 0.05) is 19.4 Å². The summed E-state index contributed by atoms with van der Waals surface area (Å²) in [5.41, 5.74) is 11.3. The highest BCUT2D eigenvalue weighted by Crippen LogP contribution is 2.24. The van der Waals surface area contributed by atoms with Crippen LogP contribution in [0.2, 0.25) is 0 Å². The van der Waals surface area contributed by atoms with Crippen LogP contribution < -0.4 is 5.73 Å². The number of rotatable bonds is 2. The molecule has 0 bridgehead atoms. The van der Waals surface area contributed by atoms with Crippen LogP contribution in [0.4, 0.5) is 0 Å². The summed E-state index contributed by atoms with van der Waals surface area (Å²) in [5, 5.41) is 0. The molecule has 0 saturated carbocycles. The fraction of sp³-hybridized carbons (Fsp3) is 0.357. The molecule has 0 radical (unpaired) electrons. The fourth-order valence-electron chi connectivity index (χ4n) is 2.13. The normalized spacial score (nSPS) is 12.8. The molecule has 0 spiro atoms. The summed E-state index contributed by atoms with van der Waals surface area (Å²) in [7, 11) is 1.97. The predicted molar refractivity (Wildman–Crippen MR) is 69.9 cm³/mol. The van der Waals surface area contributed by atoms with Gasteiger partial charge in [-0.15, -0.1) is 0 Å². The van der Waals surface area contributed by atoms with Crippen molar-refractivity contribution in [2.24, 2.45) is 12.8 Å². The van der Waals surface area contributed by atoms with Crippen molar-refractivity contribution in [3.8, 4) is 0 Å². The zero-order chi connectivity index (χ0) is 12.6. The van der Waals surface area contributed by atoms with Crippen LogP contribution in [0.15, 0.2) is 24.5 Å². The van der Waals surface area contributed by atoms with E-state index in [9.17, 15) is 0 Å². The minimum atomic E-state index is -0.158. The van der Waals surface area contributed by atoms with Gasteiger partial charge in [-0.25, -0.2) is 4.98 Å². The topological polar surface area (TPSA) is 43.8 Å². The van der Waals surface area contributed by atoms with Gasteiger partial charge < -0.3 is 10.3 Å². The summed E-state index contributed by atoms with van der Waals surface area (Å²) < 4.78 is 1.97. The Morgan fingerprint density at radius 3 is 2.35 bits per heavy atom. The molecule has 17 heavy (non-hydrogen) atoms. The molecule has 0 saturated heterocycles. The van der Waals surface area contributed by atoms with E-state index in [2.05, 4.69) is 37.9 Å². The molecule has 2 aromatic rings. The summed E-state index contributed by atoms with van der Waals surface area (Å²) in [6.45, 7) is 6.34. The average molecular weight is 229 g/mol. The largest absolute Gasteiger partial charge is 0.336 e. The molecule has 0 aliphatic heterocycles. The molecule has 1 aromatic heterocycles. The molecule has 0 aliphatic rings. The number of imidazole rings is 1. The van der Waals surface area contributed by atoms with Crippen molar-refractivity contribution in [3.63, 3.8) is 0 Å². The van der Waals surface area contributed by atoms with Gasteiger partial charge in [-0.1, -0.05) is 12.1 Å². The molecule has 2 rings (SSSR count). The van der Waals surface area contributed by atoms with E-state index in [1.54, 1.807) is 6.20 Å². The second-order valence-electron chi connectivity index (χ2n) is 4.67. The summed E-state index contributed by atoms with van der Waals surface area (Å²) in [6.07, 6.45) is 3.71. The fourth-order valence-corrected chi connectivity index (χ4v) is 2.13.